The molecule has 0 saturated heterocycles. The third kappa shape index (κ3) is 3.78. The van der Waals surface area contributed by atoms with Crippen molar-refractivity contribution in [1.29, 1.82) is 0 Å². The van der Waals surface area contributed by atoms with Gasteiger partial charge in [-0.05, 0) is 31.4 Å². The second kappa shape index (κ2) is 6.68. The monoisotopic (exact) mass is 262 g/mol. The molecule has 0 spiro atoms. The Balaban J connectivity index is 1.90. The lowest BCUT2D eigenvalue weighted by Gasteiger charge is -2.26. The van der Waals surface area contributed by atoms with Gasteiger partial charge in [-0.2, -0.15) is 0 Å². The molecule has 0 radical (unpaired) electrons. The fourth-order valence-electron chi connectivity index (χ4n) is 2.31. The Bertz CT molecular complexity index is 432. The van der Waals surface area contributed by atoms with E-state index in [-0.39, 0.29) is 18.1 Å². The highest BCUT2D eigenvalue weighted by Gasteiger charge is 2.25. The molecule has 1 atom stereocenters. The molecule has 4 heteroatoms. The molecule has 1 unspecified atom stereocenters. The van der Waals surface area contributed by atoms with E-state index >= 15 is 0 Å². The maximum absolute atomic E-state index is 12.2. The lowest BCUT2D eigenvalue weighted by molar-refractivity contribution is -0.123. The van der Waals surface area contributed by atoms with E-state index in [0.717, 1.165) is 18.5 Å². The summed E-state index contributed by atoms with van der Waals surface area (Å²) in [7, 11) is 0. The number of benzene rings is 1. The van der Waals surface area contributed by atoms with Crippen molar-refractivity contribution in [2.45, 2.75) is 32.4 Å². The summed E-state index contributed by atoms with van der Waals surface area (Å²) in [6.07, 6.45) is 1.18. The Labute approximate surface area is 114 Å². The Hall–Kier alpha value is -1.39. The highest BCUT2D eigenvalue weighted by Crippen LogP contribution is 2.22. The lowest BCUT2D eigenvalue weighted by Crippen LogP contribution is -2.42. The number of rotatable bonds is 5. The van der Waals surface area contributed by atoms with Gasteiger partial charge in [0.2, 0.25) is 5.91 Å². The quantitative estimate of drug-likeness (QED) is 0.789. The van der Waals surface area contributed by atoms with Crippen molar-refractivity contribution in [3.63, 3.8) is 0 Å². The zero-order valence-electron chi connectivity index (χ0n) is 11.6. The van der Waals surface area contributed by atoms with Crippen molar-refractivity contribution >= 4 is 5.91 Å². The van der Waals surface area contributed by atoms with E-state index in [9.17, 15) is 4.79 Å². The number of carbonyl (C=O) groups is 1. The molecule has 4 nitrogen and oxygen atoms in total. The molecule has 1 aliphatic heterocycles. The molecule has 1 heterocycles. The lowest BCUT2D eigenvalue weighted by atomic mass is 9.94. The van der Waals surface area contributed by atoms with Crippen LogP contribution >= 0.6 is 0 Å². The van der Waals surface area contributed by atoms with Gasteiger partial charge in [-0.25, -0.2) is 0 Å². The van der Waals surface area contributed by atoms with E-state index in [2.05, 4.69) is 16.7 Å². The summed E-state index contributed by atoms with van der Waals surface area (Å²) in [6.45, 7) is 5.92. The van der Waals surface area contributed by atoms with Crippen LogP contribution in [-0.4, -0.2) is 31.7 Å². The van der Waals surface area contributed by atoms with Gasteiger partial charge in [-0.15, -0.1) is 0 Å². The van der Waals surface area contributed by atoms with Gasteiger partial charge >= 0.3 is 0 Å². The largest absolute Gasteiger partial charge is 0.377 e. The van der Waals surface area contributed by atoms with Gasteiger partial charge in [0.1, 0.15) is 6.04 Å². The van der Waals surface area contributed by atoms with Crippen molar-refractivity contribution in [3.8, 4) is 0 Å². The Kier molecular flexibility index (Phi) is 4.93. The summed E-state index contributed by atoms with van der Waals surface area (Å²) >= 11 is 0. The molecule has 104 valence electrons. The van der Waals surface area contributed by atoms with Crippen LogP contribution in [-0.2, 0) is 16.0 Å². The molecule has 0 saturated carbocycles. The summed E-state index contributed by atoms with van der Waals surface area (Å²) in [4.78, 5) is 12.2. The van der Waals surface area contributed by atoms with Gasteiger partial charge in [-0.3, -0.25) is 4.79 Å². The molecule has 19 heavy (non-hydrogen) atoms. The van der Waals surface area contributed by atoms with Crippen molar-refractivity contribution < 1.29 is 9.53 Å². The molecule has 0 aromatic heterocycles. The average molecular weight is 262 g/mol. The van der Waals surface area contributed by atoms with E-state index in [1.54, 1.807) is 0 Å². The summed E-state index contributed by atoms with van der Waals surface area (Å²) < 4.78 is 5.41. The van der Waals surface area contributed by atoms with Crippen LogP contribution in [0.2, 0.25) is 0 Å². The topological polar surface area (TPSA) is 50.4 Å². The smallest absolute Gasteiger partial charge is 0.241 e. The molecule has 0 fully saturated rings. The maximum atomic E-state index is 12.2. The summed E-state index contributed by atoms with van der Waals surface area (Å²) in [5, 5.41) is 6.19. The molecule has 0 aliphatic carbocycles. The van der Waals surface area contributed by atoms with Crippen molar-refractivity contribution in [3.05, 3.63) is 35.4 Å². The van der Waals surface area contributed by atoms with E-state index in [0.29, 0.717) is 13.2 Å². The molecule has 1 amide bonds. The minimum Gasteiger partial charge on any atom is -0.377 e. The molecule has 1 aliphatic rings. The van der Waals surface area contributed by atoms with Crippen LogP contribution in [0.3, 0.4) is 0 Å². The number of hydrogen-bond acceptors (Lipinski definition) is 3. The van der Waals surface area contributed by atoms with E-state index < -0.39 is 0 Å². The fraction of sp³-hybridized carbons (Fsp3) is 0.533. The zero-order valence-corrected chi connectivity index (χ0v) is 11.6. The average Bonchev–Trinajstić information content (AvgIpc) is 2.42. The van der Waals surface area contributed by atoms with Crippen LogP contribution in [0.5, 0.6) is 0 Å². The van der Waals surface area contributed by atoms with Crippen molar-refractivity contribution in [1.82, 2.24) is 10.6 Å². The number of nitrogens with one attached hydrogen (secondary N) is 2. The number of amides is 1. The minimum atomic E-state index is -0.232. The van der Waals surface area contributed by atoms with E-state index in [1.807, 2.05) is 32.0 Å². The van der Waals surface area contributed by atoms with Crippen molar-refractivity contribution in [2.24, 2.45) is 0 Å². The van der Waals surface area contributed by atoms with Crippen LogP contribution in [0, 0.1) is 0 Å². The third-order valence-electron chi connectivity index (χ3n) is 3.22. The maximum Gasteiger partial charge on any atom is 0.241 e. The first-order valence-electron chi connectivity index (χ1n) is 6.89. The van der Waals surface area contributed by atoms with Gasteiger partial charge < -0.3 is 15.4 Å². The predicted octanol–water partition coefficient (Wildman–Crippen LogP) is 1.41. The van der Waals surface area contributed by atoms with Crippen LogP contribution in [0.1, 0.15) is 31.0 Å². The molecular weight excluding hydrogens is 240 g/mol. The molecule has 0 bridgehead atoms. The first-order valence-corrected chi connectivity index (χ1v) is 6.89. The summed E-state index contributed by atoms with van der Waals surface area (Å²) in [6, 6.07) is 7.89. The highest BCUT2D eigenvalue weighted by atomic mass is 16.5. The van der Waals surface area contributed by atoms with E-state index in [1.165, 1.54) is 5.56 Å². The Morgan fingerprint density at radius 3 is 3.05 bits per heavy atom. The van der Waals surface area contributed by atoms with Gasteiger partial charge in [0.15, 0.2) is 0 Å². The highest BCUT2D eigenvalue weighted by molar-refractivity contribution is 5.83. The summed E-state index contributed by atoms with van der Waals surface area (Å²) in [5.74, 6) is 0.0273. The standard InChI is InChI=1S/C15H22N2O2/c1-11(2)19-10-9-17-15(18)14-13-6-4-3-5-12(13)7-8-16-14/h3-6,11,14,16H,7-10H2,1-2H3,(H,17,18). The van der Waals surface area contributed by atoms with Crippen LogP contribution in [0.4, 0.5) is 0 Å². The third-order valence-corrected chi connectivity index (χ3v) is 3.22. The van der Waals surface area contributed by atoms with Crippen LogP contribution in [0.25, 0.3) is 0 Å². The second-order valence-electron chi connectivity index (χ2n) is 5.05. The van der Waals surface area contributed by atoms with Crippen LogP contribution < -0.4 is 10.6 Å². The second-order valence-corrected chi connectivity index (χ2v) is 5.05. The van der Waals surface area contributed by atoms with Gasteiger partial charge in [-0.1, -0.05) is 24.3 Å². The van der Waals surface area contributed by atoms with Gasteiger partial charge in [0.05, 0.1) is 12.7 Å². The SMILES string of the molecule is CC(C)OCCNC(=O)C1NCCc2ccccc21. The number of hydrogen-bond donors (Lipinski definition) is 2. The zero-order chi connectivity index (χ0) is 13.7. The molecule has 2 N–H and O–H groups in total. The Morgan fingerprint density at radius 1 is 1.47 bits per heavy atom. The minimum absolute atomic E-state index is 0.0273. The Morgan fingerprint density at radius 2 is 2.26 bits per heavy atom. The van der Waals surface area contributed by atoms with Gasteiger partial charge in [0, 0.05) is 13.1 Å². The molecule has 1 aromatic rings. The van der Waals surface area contributed by atoms with E-state index in [4.69, 9.17) is 4.74 Å². The first kappa shape index (κ1) is 14.0. The van der Waals surface area contributed by atoms with Crippen LogP contribution in [0.15, 0.2) is 24.3 Å². The summed E-state index contributed by atoms with van der Waals surface area (Å²) in [5.41, 5.74) is 2.36. The van der Waals surface area contributed by atoms with Gasteiger partial charge in [0.25, 0.3) is 0 Å². The number of ether oxygens (including phenoxy) is 1. The fourth-order valence-corrected chi connectivity index (χ4v) is 2.31. The number of fused-ring (bicyclic) bond motifs is 1. The molecule has 2 rings (SSSR count). The first-order chi connectivity index (χ1) is 9.18. The molecule has 1 aromatic carbocycles. The normalized spacial score (nSPS) is 18.2. The molecular formula is C15H22N2O2. The number of carbonyl (C=O) groups excluding carboxylic acids is 1. The van der Waals surface area contributed by atoms with Crippen molar-refractivity contribution in [2.75, 3.05) is 19.7 Å². The predicted molar refractivity (Wildman–Crippen MR) is 75.0 cm³/mol.